The summed E-state index contributed by atoms with van der Waals surface area (Å²) in [5.41, 5.74) is 0.228. The number of amides is 1. The summed E-state index contributed by atoms with van der Waals surface area (Å²) in [6.07, 6.45) is 2.09. The highest BCUT2D eigenvalue weighted by molar-refractivity contribution is 7.80. The van der Waals surface area contributed by atoms with E-state index < -0.39 is 4.92 Å². The molecule has 8 heteroatoms. The third-order valence-electron chi connectivity index (χ3n) is 2.64. The van der Waals surface area contributed by atoms with E-state index in [1.54, 1.807) is 6.07 Å². The number of ether oxygens (including phenoxy) is 1. The lowest BCUT2D eigenvalue weighted by atomic mass is 10.2. The van der Waals surface area contributed by atoms with Crippen LogP contribution in [0.3, 0.4) is 0 Å². The van der Waals surface area contributed by atoms with Gasteiger partial charge < -0.3 is 15.4 Å². The minimum atomic E-state index is -0.549. The monoisotopic (exact) mass is 311 g/mol. The second-order valence-corrected chi connectivity index (χ2v) is 4.66. The number of carbonyl (C=O) groups excluding carboxylic acids is 1. The highest BCUT2D eigenvalue weighted by Gasteiger charge is 2.15. The van der Waals surface area contributed by atoms with Crippen LogP contribution in [0.25, 0.3) is 0 Å². The molecule has 0 unspecified atom stereocenters. The predicted octanol–water partition coefficient (Wildman–Crippen LogP) is 2.61. The highest BCUT2D eigenvalue weighted by Crippen LogP contribution is 2.29. The van der Waals surface area contributed by atoms with Crippen LogP contribution >= 0.6 is 12.2 Å². The fourth-order valence-corrected chi connectivity index (χ4v) is 1.83. The molecule has 0 saturated carbocycles. The quantitative estimate of drug-likeness (QED) is 0.476. The first-order valence-corrected chi connectivity index (χ1v) is 6.82. The van der Waals surface area contributed by atoms with Crippen molar-refractivity contribution in [3.8, 4) is 5.75 Å². The Morgan fingerprint density at radius 3 is 2.76 bits per heavy atom. The number of anilines is 1. The maximum atomic E-state index is 11.5. The van der Waals surface area contributed by atoms with Gasteiger partial charge >= 0.3 is 5.69 Å². The molecule has 21 heavy (non-hydrogen) atoms. The van der Waals surface area contributed by atoms with Crippen LogP contribution in [-0.4, -0.2) is 23.1 Å². The molecule has 0 radical (unpaired) electrons. The van der Waals surface area contributed by atoms with E-state index in [-0.39, 0.29) is 22.5 Å². The molecule has 1 amide bonds. The van der Waals surface area contributed by atoms with Crippen molar-refractivity contribution in [3.63, 3.8) is 0 Å². The number of nitro groups is 1. The maximum Gasteiger partial charge on any atom is 0.312 e. The standard InChI is InChI=1S/C13H17N3O4S/c1-3-4-5-12(17)15-13(21)14-9-6-7-11(20-2)10(8-9)16(18)19/h6-8H,3-5H2,1-2H3,(H2,14,15,17,21). The van der Waals surface area contributed by atoms with Crippen LogP contribution in [0, 0.1) is 10.1 Å². The summed E-state index contributed by atoms with van der Waals surface area (Å²) in [6, 6.07) is 4.33. The Morgan fingerprint density at radius 2 is 2.19 bits per heavy atom. The summed E-state index contributed by atoms with van der Waals surface area (Å²) in [6.45, 7) is 1.99. The van der Waals surface area contributed by atoms with Gasteiger partial charge in [0.05, 0.1) is 12.0 Å². The summed E-state index contributed by atoms with van der Waals surface area (Å²) < 4.78 is 4.90. The molecule has 0 aliphatic rings. The molecule has 0 heterocycles. The van der Waals surface area contributed by atoms with Gasteiger partial charge in [0, 0.05) is 18.2 Å². The average Bonchev–Trinajstić information content (AvgIpc) is 2.44. The topological polar surface area (TPSA) is 93.5 Å². The number of unbranched alkanes of at least 4 members (excludes halogenated alkanes) is 1. The van der Waals surface area contributed by atoms with Crippen LogP contribution in [0.4, 0.5) is 11.4 Å². The molecular formula is C13H17N3O4S. The molecular weight excluding hydrogens is 294 g/mol. The molecule has 0 spiro atoms. The Balaban J connectivity index is 2.70. The van der Waals surface area contributed by atoms with Crippen molar-refractivity contribution in [1.29, 1.82) is 0 Å². The molecule has 114 valence electrons. The number of benzene rings is 1. The highest BCUT2D eigenvalue weighted by atomic mass is 32.1. The maximum absolute atomic E-state index is 11.5. The number of hydrogen-bond donors (Lipinski definition) is 2. The molecule has 2 N–H and O–H groups in total. The van der Waals surface area contributed by atoms with Gasteiger partial charge in [-0.05, 0) is 30.8 Å². The first-order chi connectivity index (χ1) is 9.97. The van der Waals surface area contributed by atoms with E-state index in [1.165, 1.54) is 19.2 Å². The number of nitrogens with zero attached hydrogens (tertiary/aromatic N) is 1. The van der Waals surface area contributed by atoms with Crippen LogP contribution in [-0.2, 0) is 4.79 Å². The second-order valence-electron chi connectivity index (χ2n) is 4.25. The molecule has 1 aromatic rings. The fourth-order valence-electron chi connectivity index (χ4n) is 1.60. The van der Waals surface area contributed by atoms with Gasteiger partial charge in [-0.2, -0.15) is 0 Å². The van der Waals surface area contributed by atoms with Crippen LogP contribution in [0.15, 0.2) is 18.2 Å². The van der Waals surface area contributed by atoms with Gasteiger partial charge in [-0.15, -0.1) is 0 Å². The van der Waals surface area contributed by atoms with Crippen molar-refractivity contribution in [2.45, 2.75) is 26.2 Å². The number of rotatable bonds is 6. The molecule has 0 atom stereocenters. The second kappa shape index (κ2) is 8.15. The largest absolute Gasteiger partial charge is 0.490 e. The minimum Gasteiger partial charge on any atom is -0.490 e. The normalized spacial score (nSPS) is 9.81. The average molecular weight is 311 g/mol. The number of nitro benzene ring substituents is 1. The van der Waals surface area contributed by atoms with Crippen molar-refractivity contribution in [1.82, 2.24) is 5.32 Å². The lowest BCUT2D eigenvalue weighted by molar-refractivity contribution is -0.385. The van der Waals surface area contributed by atoms with E-state index in [4.69, 9.17) is 17.0 Å². The van der Waals surface area contributed by atoms with E-state index >= 15 is 0 Å². The smallest absolute Gasteiger partial charge is 0.312 e. The Kier molecular flexibility index (Phi) is 6.54. The third-order valence-corrected chi connectivity index (χ3v) is 2.85. The van der Waals surface area contributed by atoms with Crippen molar-refractivity contribution in [3.05, 3.63) is 28.3 Å². The van der Waals surface area contributed by atoms with E-state index in [0.717, 1.165) is 12.8 Å². The SMILES string of the molecule is CCCCC(=O)NC(=S)Nc1ccc(OC)c([N+](=O)[O-])c1. The van der Waals surface area contributed by atoms with Gasteiger partial charge in [0.15, 0.2) is 10.9 Å². The molecule has 0 bridgehead atoms. The zero-order chi connectivity index (χ0) is 15.8. The molecule has 1 aromatic carbocycles. The van der Waals surface area contributed by atoms with Gasteiger partial charge in [0.1, 0.15) is 0 Å². The zero-order valence-corrected chi connectivity index (χ0v) is 12.7. The summed E-state index contributed by atoms with van der Waals surface area (Å²) in [5, 5.41) is 16.3. The molecule has 0 fully saturated rings. The number of nitrogens with one attached hydrogen (secondary N) is 2. The minimum absolute atomic E-state index is 0.107. The van der Waals surface area contributed by atoms with E-state index in [2.05, 4.69) is 10.6 Å². The van der Waals surface area contributed by atoms with Gasteiger partial charge in [-0.1, -0.05) is 13.3 Å². The van der Waals surface area contributed by atoms with E-state index in [0.29, 0.717) is 12.1 Å². The summed E-state index contributed by atoms with van der Waals surface area (Å²) in [5.74, 6) is -0.0270. The lowest BCUT2D eigenvalue weighted by Gasteiger charge is -2.10. The van der Waals surface area contributed by atoms with Crippen LogP contribution in [0.2, 0.25) is 0 Å². The van der Waals surface area contributed by atoms with Gasteiger partial charge in [0.25, 0.3) is 0 Å². The van der Waals surface area contributed by atoms with Crippen LogP contribution in [0.1, 0.15) is 26.2 Å². The number of thiocarbonyl (C=S) groups is 1. The Bertz CT molecular complexity index is 548. The predicted molar refractivity (Wildman–Crippen MR) is 83.5 cm³/mol. The first kappa shape index (κ1) is 16.8. The van der Waals surface area contributed by atoms with Crippen LogP contribution < -0.4 is 15.4 Å². The van der Waals surface area contributed by atoms with Gasteiger partial charge in [-0.3, -0.25) is 14.9 Å². The van der Waals surface area contributed by atoms with E-state index in [9.17, 15) is 14.9 Å². The number of methoxy groups -OCH3 is 1. The summed E-state index contributed by atoms with van der Waals surface area (Å²) >= 11 is 4.99. The Hall–Kier alpha value is -2.22. The molecule has 0 aliphatic carbocycles. The van der Waals surface area contributed by atoms with E-state index in [1.807, 2.05) is 6.92 Å². The van der Waals surface area contributed by atoms with Crippen molar-refractivity contribution < 1.29 is 14.5 Å². The van der Waals surface area contributed by atoms with Gasteiger partial charge in [0.2, 0.25) is 5.91 Å². The molecule has 7 nitrogen and oxygen atoms in total. The number of carbonyl (C=O) groups is 1. The molecule has 0 aliphatic heterocycles. The fraction of sp³-hybridized carbons (Fsp3) is 0.385. The van der Waals surface area contributed by atoms with Crippen molar-refractivity contribution in [2.75, 3.05) is 12.4 Å². The Labute approximate surface area is 127 Å². The van der Waals surface area contributed by atoms with Crippen molar-refractivity contribution in [2.24, 2.45) is 0 Å². The molecule has 1 rings (SSSR count). The molecule has 0 aromatic heterocycles. The van der Waals surface area contributed by atoms with Crippen LogP contribution in [0.5, 0.6) is 5.75 Å². The third kappa shape index (κ3) is 5.35. The zero-order valence-electron chi connectivity index (χ0n) is 11.8. The first-order valence-electron chi connectivity index (χ1n) is 6.41. The summed E-state index contributed by atoms with van der Waals surface area (Å²) in [4.78, 5) is 21.9. The number of hydrogen-bond acceptors (Lipinski definition) is 5. The Morgan fingerprint density at radius 1 is 1.48 bits per heavy atom. The lowest BCUT2D eigenvalue weighted by Crippen LogP contribution is -2.33. The summed E-state index contributed by atoms with van der Waals surface area (Å²) in [7, 11) is 1.36. The van der Waals surface area contributed by atoms with Crippen molar-refractivity contribution >= 4 is 34.6 Å². The van der Waals surface area contributed by atoms with Gasteiger partial charge in [-0.25, -0.2) is 0 Å². The molecule has 0 saturated heterocycles.